The average Bonchev–Trinajstić information content (AvgIpc) is 3.22. The van der Waals surface area contributed by atoms with E-state index in [4.69, 9.17) is 14.2 Å². The summed E-state index contributed by atoms with van der Waals surface area (Å²) >= 11 is 0. The van der Waals surface area contributed by atoms with Crippen molar-refractivity contribution in [2.24, 2.45) is 4.99 Å². The number of nitrogens with one attached hydrogen (secondary N) is 2. The zero-order valence-corrected chi connectivity index (χ0v) is 19.1. The number of aliphatic imine (C=N–C) groups is 1. The standard InChI is InChI=1S/C21H25FN4O3.HI/c1-23-21(25-13-16-3-5-19-20(11-16)29-14-28-19)24-12-15-2-4-18(17(22)10-15)26-6-8-27-9-7-26;/h2-5,10-11H,6-9,12-14H2,1H3,(H2,23,24,25);1H. The predicted octanol–water partition coefficient (Wildman–Crippen LogP) is 2.87. The number of ether oxygens (including phenoxy) is 3. The van der Waals surface area contributed by atoms with Crippen molar-refractivity contribution in [1.82, 2.24) is 10.6 Å². The third kappa shape index (κ3) is 5.45. The van der Waals surface area contributed by atoms with Gasteiger partial charge in [0, 0.05) is 33.2 Å². The Kier molecular flexibility index (Phi) is 7.97. The van der Waals surface area contributed by atoms with Crippen molar-refractivity contribution in [3.63, 3.8) is 0 Å². The first-order valence-electron chi connectivity index (χ1n) is 9.67. The molecule has 2 aromatic carbocycles. The summed E-state index contributed by atoms with van der Waals surface area (Å²) in [5.41, 5.74) is 2.53. The maximum Gasteiger partial charge on any atom is 0.231 e. The van der Waals surface area contributed by atoms with E-state index in [1.165, 1.54) is 0 Å². The number of guanidine groups is 1. The molecule has 0 radical (unpaired) electrons. The number of benzene rings is 2. The van der Waals surface area contributed by atoms with Crippen LogP contribution >= 0.6 is 24.0 Å². The van der Waals surface area contributed by atoms with E-state index in [9.17, 15) is 4.39 Å². The molecule has 0 atom stereocenters. The lowest BCUT2D eigenvalue weighted by Crippen LogP contribution is -2.37. The maximum atomic E-state index is 14.5. The molecule has 0 bridgehead atoms. The number of rotatable bonds is 5. The van der Waals surface area contributed by atoms with Gasteiger partial charge in [-0.15, -0.1) is 24.0 Å². The molecule has 162 valence electrons. The fourth-order valence-electron chi connectivity index (χ4n) is 3.36. The van der Waals surface area contributed by atoms with Crippen molar-refractivity contribution in [3.05, 3.63) is 53.3 Å². The van der Waals surface area contributed by atoms with Crippen LogP contribution < -0.4 is 25.0 Å². The highest BCUT2D eigenvalue weighted by Gasteiger charge is 2.16. The molecule has 2 heterocycles. The number of anilines is 1. The van der Waals surface area contributed by atoms with Crippen molar-refractivity contribution in [2.75, 3.05) is 45.0 Å². The summed E-state index contributed by atoms with van der Waals surface area (Å²) in [6.07, 6.45) is 0. The van der Waals surface area contributed by atoms with Crippen LogP contribution in [0.5, 0.6) is 11.5 Å². The highest BCUT2D eigenvalue weighted by molar-refractivity contribution is 14.0. The van der Waals surface area contributed by atoms with Gasteiger partial charge in [-0.1, -0.05) is 12.1 Å². The first-order valence-corrected chi connectivity index (χ1v) is 9.67. The molecule has 0 saturated carbocycles. The van der Waals surface area contributed by atoms with Gasteiger partial charge >= 0.3 is 0 Å². The van der Waals surface area contributed by atoms with Crippen molar-refractivity contribution >= 4 is 35.6 Å². The summed E-state index contributed by atoms with van der Waals surface area (Å²) in [7, 11) is 1.71. The molecule has 0 aliphatic carbocycles. The highest BCUT2D eigenvalue weighted by atomic mass is 127. The SMILES string of the molecule is CN=C(NCc1ccc(N2CCOCC2)c(F)c1)NCc1ccc2c(c1)OCO2.I. The monoisotopic (exact) mass is 528 g/mol. The fourth-order valence-corrected chi connectivity index (χ4v) is 3.36. The minimum atomic E-state index is -0.213. The average molecular weight is 528 g/mol. The lowest BCUT2D eigenvalue weighted by atomic mass is 10.1. The molecule has 2 aliphatic rings. The highest BCUT2D eigenvalue weighted by Crippen LogP contribution is 2.32. The summed E-state index contributed by atoms with van der Waals surface area (Å²) in [6, 6.07) is 11.2. The predicted molar refractivity (Wildman–Crippen MR) is 124 cm³/mol. The zero-order chi connectivity index (χ0) is 20.1. The number of nitrogens with zero attached hydrogens (tertiary/aromatic N) is 2. The summed E-state index contributed by atoms with van der Waals surface area (Å²) in [5.74, 6) is 1.94. The van der Waals surface area contributed by atoms with E-state index >= 15 is 0 Å². The summed E-state index contributed by atoms with van der Waals surface area (Å²) in [6.45, 7) is 4.01. The van der Waals surface area contributed by atoms with Crippen LogP contribution in [0.25, 0.3) is 0 Å². The largest absolute Gasteiger partial charge is 0.454 e. The minimum Gasteiger partial charge on any atom is -0.454 e. The Bertz CT molecular complexity index is 891. The van der Waals surface area contributed by atoms with Crippen LogP contribution in [0.4, 0.5) is 10.1 Å². The quantitative estimate of drug-likeness (QED) is 0.354. The third-order valence-corrected chi connectivity index (χ3v) is 4.94. The van der Waals surface area contributed by atoms with Gasteiger partial charge in [-0.05, 0) is 35.4 Å². The second-order valence-corrected chi connectivity index (χ2v) is 6.85. The Morgan fingerprint density at radius 1 is 1.00 bits per heavy atom. The molecule has 2 N–H and O–H groups in total. The molecule has 0 spiro atoms. The molecule has 30 heavy (non-hydrogen) atoms. The van der Waals surface area contributed by atoms with E-state index in [1.807, 2.05) is 35.2 Å². The van der Waals surface area contributed by atoms with Gasteiger partial charge in [-0.3, -0.25) is 4.99 Å². The molecular weight excluding hydrogens is 502 g/mol. The Balaban J connectivity index is 0.00000256. The van der Waals surface area contributed by atoms with Gasteiger partial charge in [0.15, 0.2) is 17.5 Å². The van der Waals surface area contributed by atoms with Crippen LogP contribution in [0.3, 0.4) is 0 Å². The molecule has 9 heteroatoms. The van der Waals surface area contributed by atoms with E-state index in [0.29, 0.717) is 51.0 Å². The first kappa shape index (κ1) is 22.4. The van der Waals surface area contributed by atoms with Gasteiger partial charge in [0.2, 0.25) is 6.79 Å². The zero-order valence-electron chi connectivity index (χ0n) is 16.8. The Labute approximate surface area is 192 Å². The fraction of sp³-hybridized carbons (Fsp3) is 0.381. The van der Waals surface area contributed by atoms with Crippen LogP contribution in [0.2, 0.25) is 0 Å². The van der Waals surface area contributed by atoms with Crippen LogP contribution in [0.15, 0.2) is 41.4 Å². The van der Waals surface area contributed by atoms with Gasteiger partial charge in [-0.2, -0.15) is 0 Å². The van der Waals surface area contributed by atoms with Gasteiger partial charge in [0.25, 0.3) is 0 Å². The molecule has 0 aromatic heterocycles. The molecule has 2 aromatic rings. The number of hydrogen-bond acceptors (Lipinski definition) is 5. The number of fused-ring (bicyclic) bond motifs is 1. The summed E-state index contributed by atoms with van der Waals surface area (Å²) in [4.78, 5) is 6.24. The number of halogens is 2. The number of morpholine rings is 1. The molecular formula is C21H26FIN4O3. The van der Waals surface area contributed by atoms with E-state index in [0.717, 1.165) is 22.6 Å². The first-order chi connectivity index (χ1) is 14.2. The van der Waals surface area contributed by atoms with Crippen molar-refractivity contribution < 1.29 is 18.6 Å². The van der Waals surface area contributed by atoms with Crippen molar-refractivity contribution in [1.29, 1.82) is 0 Å². The third-order valence-electron chi connectivity index (χ3n) is 4.94. The van der Waals surface area contributed by atoms with E-state index in [1.54, 1.807) is 13.1 Å². The minimum absolute atomic E-state index is 0. The molecule has 7 nitrogen and oxygen atoms in total. The lowest BCUT2D eigenvalue weighted by molar-refractivity contribution is 0.122. The number of hydrogen-bond donors (Lipinski definition) is 2. The van der Waals surface area contributed by atoms with Gasteiger partial charge in [-0.25, -0.2) is 4.39 Å². The molecule has 4 rings (SSSR count). The van der Waals surface area contributed by atoms with Crippen LogP contribution in [0, 0.1) is 5.82 Å². The molecule has 1 fully saturated rings. The summed E-state index contributed by atoms with van der Waals surface area (Å²) < 4.78 is 30.6. The molecule has 1 saturated heterocycles. The van der Waals surface area contributed by atoms with Gasteiger partial charge in [0.05, 0.1) is 18.9 Å². The Morgan fingerprint density at radius 3 is 2.37 bits per heavy atom. The van der Waals surface area contributed by atoms with E-state index in [2.05, 4.69) is 15.6 Å². The van der Waals surface area contributed by atoms with Gasteiger partial charge in [0.1, 0.15) is 5.82 Å². The van der Waals surface area contributed by atoms with Crippen LogP contribution in [0.1, 0.15) is 11.1 Å². The molecule has 2 aliphatic heterocycles. The van der Waals surface area contributed by atoms with Crippen molar-refractivity contribution in [2.45, 2.75) is 13.1 Å². The summed E-state index contributed by atoms with van der Waals surface area (Å²) in [5, 5.41) is 6.47. The van der Waals surface area contributed by atoms with Crippen LogP contribution in [-0.2, 0) is 17.8 Å². The maximum absolute atomic E-state index is 14.5. The van der Waals surface area contributed by atoms with E-state index < -0.39 is 0 Å². The molecule has 0 amide bonds. The van der Waals surface area contributed by atoms with Crippen LogP contribution in [-0.4, -0.2) is 46.1 Å². The Hall–Kier alpha value is -2.27. The normalized spacial score (nSPS) is 15.5. The molecule has 0 unspecified atom stereocenters. The topological polar surface area (TPSA) is 67.4 Å². The smallest absolute Gasteiger partial charge is 0.231 e. The van der Waals surface area contributed by atoms with Crippen molar-refractivity contribution in [3.8, 4) is 11.5 Å². The van der Waals surface area contributed by atoms with E-state index in [-0.39, 0.29) is 36.6 Å². The second-order valence-electron chi connectivity index (χ2n) is 6.85. The second kappa shape index (κ2) is 10.7. The van der Waals surface area contributed by atoms with Gasteiger partial charge < -0.3 is 29.7 Å². The lowest BCUT2D eigenvalue weighted by Gasteiger charge is -2.29. The Morgan fingerprint density at radius 2 is 1.67 bits per heavy atom.